The Hall–Kier alpha value is -5.22. The topological polar surface area (TPSA) is 32.3 Å². The number of rotatable bonds is 7. The summed E-state index contributed by atoms with van der Waals surface area (Å²) in [6.45, 7) is 6.32. The Balaban J connectivity index is 1.37. The van der Waals surface area contributed by atoms with Crippen LogP contribution in [0.5, 0.6) is 0 Å². The summed E-state index contributed by atoms with van der Waals surface area (Å²) in [5.74, 6) is 1.70. The summed E-state index contributed by atoms with van der Waals surface area (Å²) in [6, 6.07) is 46.6. The monoisotopic (exact) mass is 546 g/mol. The molecule has 4 nitrogen and oxygen atoms in total. The Morgan fingerprint density at radius 3 is 1.31 bits per heavy atom. The predicted octanol–water partition coefficient (Wildman–Crippen LogP) is 9.97. The molecule has 4 heteroatoms. The lowest BCUT2D eigenvalue weighted by molar-refractivity contribution is 1.11. The van der Waals surface area contributed by atoms with Gasteiger partial charge in [0.2, 0.25) is 0 Å². The maximum absolute atomic E-state index is 5.14. The summed E-state index contributed by atoms with van der Waals surface area (Å²) in [6.07, 6.45) is 0. The summed E-state index contributed by atoms with van der Waals surface area (Å²) in [4.78, 5) is 14.4. The molecule has 4 aromatic carbocycles. The maximum Gasteiger partial charge on any atom is 0.138 e. The Morgan fingerprint density at radius 1 is 0.405 bits per heavy atom. The van der Waals surface area contributed by atoms with Gasteiger partial charge >= 0.3 is 0 Å². The van der Waals surface area contributed by atoms with E-state index in [-0.39, 0.29) is 0 Å². The summed E-state index contributed by atoms with van der Waals surface area (Å²) >= 11 is 0. The minimum absolute atomic E-state index is 0.819. The van der Waals surface area contributed by atoms with E-state index in [0.29, 0.717) is 0 Å². The van der Waals surface area contributed by atoms with Crippen LogP contribution in [0.4, 0.5) is 28.7 Å². The fourth-order valence-corrected chi connectivity index (χ4v) is 5.00. The quantitative estimate of drug-likeness (QED) is 0.199. The standard InChI is InChI=1S/C38H34N4/c1-27-11-17-30(18-12-27)31-19-25-34(26-20-31)42(33-23-15-29(3)16-24-33)38-10-6-8-36(40-38)35-7-5-9-37(39-35)41(4)32-21-13-28(2)14-22-32/h5-26H,1-4H3. The molecular formula is C38H34N4. The zero-order chi connectivity index (χ0) is 29.1. The van der Waals surface area contributed by atoms with Gasteiger partial charge in [0.25, 0.3) is 0 Å². The molecule has 206 valence electrons. The highest BCUT2D eigenvalue weighted by Gasteiger charge is 2.16. The molecule has 6 aromatic rings. The van der Waals surface area contributed by atoms with Gasteiger partial charge in [0.1, 0.15) is 11.6 Å². The molecule has 0 bridgehead atoms. The van der Waals surface area contributed by atoms with Crippen molar-refractivity contribution in [1.82, 2.24) is 9.97 Å². The fourth-order valence-electron chi connectivity index (χ4n) is 5.00. The lowest BCUT2D eigenvalue weighted by Crippen LogP contribution is -2.13. The second kappa shape index (κ2) is 11.7. The highest BCUT2D eigenvalue weighted by atomic mass is 15.2. The zero-order valence-electron chi connectivity index (χ0n) is 24.5. The number of aryl methyl sites for hydroxylation is 3. The smallest absolute Gasteiger partial charge is 0.138 e. The number of pyridine rings is 2. The molecule has 0 radical (unpaired) electrons. The Kier molecular flexibility index (Phi) is 7.52. The van der Waals surface area contributed by atoms with Gasteiger partial charge in [-0.1, -0.05) is 89.5 Å². The van der Waals surface area contributed by atoms with Crippen LogP contribution in [0.3, 0.4) is 0 Å². The van der Waals surface area contributed by atoms with E-state index in [0.717, 1.165) is 40.1 Å². The largest absolute Gasteiger partial charge is 0.329 e. The third-order valence-electron chi connectivity index (χ3n) is 7.53. The third-order valence-corrected chi connectivity index (χ3v) is 7.53. The fraction of sp³-hybridized carbons (Fsp3) is 0.105. The molecule has 0 aliphatic heterocycles. The van der Waals surface area contributed by atoms with Gasteiger partial charge in [0.05, 0.1) is 11.4 Å². The van der Waals surface area contributed by atoms with Crippen LogP contribution >= 0.6 is 0 Å². The van der Waals surface area contributed by atoms with Crippen LogP contribution in [0.15, 0.2) is 133 Å². The average molecular weight is 547 g/mol. The van der Waals surface area contributed by atoms with E-state index >= 15 is 0 Å². The van der Waals surface area contributed by atoms with Crippen molar-refractivity contribution in [2.45, 2.75) is 20.8 Å². The summed E-state index contributed by atoms with van der Waals surface area (Å²) in [5, 5.41) is 0. The second-order valence-electron chi connectivity index (χ2n) is 10.7. The molecule has 0 aliphatic rings. The number of benzene rings is 4. The first kappa shape index (κ1) is 27.0. The van der Waals surface area contributed by atoms with E-state index < -0.39 is 0 Å². The number of anilines is 5. The van der Waals surface area contributed by atoms with E-state index in [1.165, 1.54) is 27.8 Å². The average Bonchev–Trinajstić information content (AvgIpc) is 3.03. The van der Waals surface area contributed by atoms with Crippen molar-refractivity contribution in [3.63, 3.8) is 0 Å². The number of hydrogen-bond donors (Lipinski definition) is 0. The van der Waals surface area contributed by atoms with Crippen LogP contribution in [0.25, 0.3) is 22.5 Å². The highest BCUT2D eigenvalue weighted by Crippen LogP contribution is 2.36. The second-order valence-corrected chi connectivity index (χ2v) is 10.7. The van der Waals surface area contributed by atoms with Crippen LogP contribution in [0.1, 0.15) is 16.7 Å². The minimum Gasteiger partial charge on any atom is -0.329 e. The molecule has 42 heavy (non-hydrogen) atoms. The Bertz CT molecular complexity index is 1790. The normalized spacial score (nSPS) is 10.9. The maximum atomic E-state index is 5.14. The minimum atomic E-state index is 0.819. The van der Waals surface area contributed by atoms with Crippen molar-refractivity contribution in [2.24, 2.45) is 0 Å². The van der Waals surface area contributed by atoms with Crippen LogP contribution in [0.2, 0.25) is 0 Å². The van der Waals surface area contributed by atoms with Crippen molar-refractivity contribution in [2.75, 3.05) is 16.8 Å². The summed E-state index contributed by atoms with van der Waals surface area (Å²) in [5.41, 5.74) is 10.9. The first-order valence-corrected chi connectivity index (χ1v) is 14.2. The molecule has 0 saturated heterocycles. The molecule has 2 heterocycles. The first-order chi connectivity index (χ1) is 20.4. The van der Waals surface area contributed by atoms with E-state index in [2.05, 4.69) is 140 Å². The van der Waals surface area contributed by atoms with Gasteiger partial charge in [-0.3, -0.25) is 4.90 Å². The van der Waals surface area contributed by atoms with Crippen LogP contribution in [0, 0.1) is 20.8 Å². The zero-order valence-corrected chi connectivity index (χ0v) is 24.5. The molecule has 0 atom stereocenters. The van der Waals surface area contributed by atoms with Gasteiger partial charge in [-0.25, -0.2) is 9.97 Å². The van der Waals surface area contributed by atoms with Crippen LogP contribution in [-0.2, 0) is 0 Å². The lowest BCUT2D eigenvalue weighted by atomic mass is 10.0. The molecule has 0 saturated carbocycles. The molecule has 0 aliphatic carbocycles. The van der Waals surface area contributed by atoms with Crippen molar-refractivity contribution < 1.29 is 0 Å². The van der Waals surface area contributed by atoms with Crippen LogP contribution in [-0.4, -0.2) is 17.0 Å². The van der Waals surface area contributed by atoms with E-state index in [1.54, 1.807) is 0 Å². The Labute approximate surface area is 248 Å². The van der Waals surface area contributed by atoms with Gasteiger partial charge < -0.3 is 4.90 Å². The molecule has 0 unspecified atom stereocenters. The molecule has 6 rings (SSSR count). The predicted molar refractivity (Wildman–Crippen MR) is 176 cm³/mol. The van der Waals surface area contributed by atoms with Gasteiger partial charge in [-0.2, -0.15) is 0 Å². The van der Waals surface area contributed by atoms with Crippen molar-refractivity contribution in [3.05, 3.63) is 150 Å². The number of aromatic nitrogens is 2. The molecule has 0 spiro atoms. The van der Waals surface area contributed by atoms with E-state index in [9.17, 15) is 0 Å². The SMILES string of the molecule is Cc1ccc(-c2ccc(N(c3ccc(C)cc3)c3cccc(-c4cccc(N(C)c5ccc(C)cc5)n4)n3)cc2)cc1. The Morgan fingerprint density at radius 2 is 0.786 bits per heavy atom. The van der Waals surface area contributed by atoms with Crippen molar-refractivity contribution in [3.8, 4) is 22.5 Å². The molecule has 0 amide bonds. The van der Waals surface area contributed by atoms with Gasteiger partial charge in [0.15, 0.2) is 0 Å². The summed E-state index contributed by atoms with van der Waals surface area (Å²) in [7, 11) is 2.04. The van der Waals surface area contributed by atoms with Gasteiger partial charge in [0, 0.05) is 24.1 Å². The molecular weight excluding hydrogens is 512 g/mol. The molecule has 0 fully saturated rings. The van der Waals surface area contributed by atoms with Gasteiger partial charge in [-0.05, 0) is 92.6 Å². The van der Waals surface area contributed by atoms with E-state index in [4.69, 9.17) is 9.97 Å². The third kappa shape index (κ3) is 5.79. The highest BCUT2D eigenvalue weighted by molar-refractivity contribution is 5.78. The first-order valence-electron chi connectivity index (χ1n) is 14.2. The van der Waals surface area contributed by atoms with Crippen molar-refractivity contribution in [1.29, 1.82) is 0 Å². The number of hydrogen-bond acceptors (Lipinski definition) is 4. The summed E-state index contributed by atoms with van der Waals surface area (Å²) < 4.78 is 0. The molecule has 2 aromatic heterocycles. The van der Waals surface area contributed by atoms with Crippen molar-refractivity contribution >= 4 is 28.7 Å². The lowest BCUT2D eigenvalue weighted by Gasteiger charge is -2.25. The van der Waals surface area contributed by atoms with Crippen LogP contribution < -0.4 is 9.80 Å². The van der Waals surface area contributed by atoms with E-state index in [1.807, 2.05) is 31.3 Å². The van der Waals surface area contributed by atoms with Gasteiger partial charge in [-0.15, -0.1) is 0 Å². The molecule has 0 N–H and O–H groups in total. The number of nitrogens with zero attached hydrogens (tertiary/aromatic N) is 4.